The molecule has 3 aromatic heterocycles. The van der Waals surface area contributed by atoms with Crippen molar-refractivity contribution in [3.8, 4) is 28.0 Å². The molecular formula is C65H71N9O8S3. The van der Waals surface area contributed by atoms with E-state index in [1.807, 2.05) is 118 Å². The van der Waals surface area contributed by atoms with Crippen LogP contribution in [0, 0.1) is 35.5 Å². The Morgan fingerprint density at radius 1 is 0.929 bits per heavy atom. The van der Waals surface area contributed by atoms with Crippen LogP contribution in [0.25, 0.3) is 20.7 Å². The van der Waals surface area contributed by atoms with Crippen molar-refractivity contribution in [2.45, 2.75) is 110 Å². The highest BCUT2D eigenvalue weighted by Gasteiger charge is 2.47. The topological polar surface area (TPSA) is 209 Å². The van der Waals surface area contributed by atoms with Crippen LogP contribution >= 0.6 is 34.0 Å². The van der Waals surface area contributed by atoms with Crippen LogP contribution in [0.15, 0.2) is 96.5 Å². The zero-order valence-electron chi connectivity index (χ0n) is 48.6. The zero-order valence-corrected chi connectivity index (χ0v) is 51.0. The number of thiazole rings is 3. The number of nitrogens with one attached hydrogen (secondary N) is 3. The van der Waals surface area contributed by atoms with E-state index in [1.54, 1.807) is 11.3 Å². The second-order valence-corrected chi connectivity index (χ2v) is 26.9. The number of carbonyl (C=O) groups is 5. The molecule has 6 heterocycles. The van der Waals surface area contributed by atoms with Crippen LogP contribution in [-0.2, 0) is 45.1 Å². The van der Waals surface area contributed by atoms with Crippen molar-refractivity contribution in [3.05, 3.63) is 141 Å². The molecule has 4 aliphatic rings. The molecule has 3 fully saturated rings. The standard InChI is InChI=1S/C65H71N9O8S3/c1-40-56(83-39-67-40)45-21-17-43(18-22-45)33-66-59(78)51-32-46(75)34-74(51)60(79)57(64(2,3)4)69-54(76)36-72-37-65(38-72)28-25-42(26-29-65)16-15-41-19-23-47(24-20-41)82-31-9-14-53-55(61(80)81-5)70-63(85-53)73-30-27-44-10-8-11-48(49(44)35-73)58(77)71-62-68-50-12-6-7-13-52(50)84-62/h6-8,10-13,17-24,39,42,46,51,57,75H,9,14,25-38H2,1-5H3,(H,66,78)(H,69,76)(H,68,71,77)/t46-,51+,57-/m1/s1. The number of aliphatic hydroxyl groups excluding tert-OH is 1. The molecule has 17 nitrogen and oxygen atoms in total. The lowest BCUT2D eigenvalue weighted by molar-refractivity contribution is -0.144. The Morgan fingerprint density at radius 3 is 2.44 bits per heavy atom. The van der Waals surface area contributed by atoms with Crippen LogP contribution in [0.1, 0.15) is 113 Å². The maximum Gasteiger partial charge on any atom is 0.357 e. The lowest BCUT2D eigenvalue weighted by Gasteiger charge is -2.53. The molecule has 7 aromatic rings. The predicted molar refractivity (Wildman–Crippen MR) is 332 cm³/mol. The number of benzene rings is 4. The molecule has 85 heavy (non-hydrogen) atoms. The largest absolute Gasteiger partial charge is 0.494 e. The summed E-state index contributed by atoms with van der Waals surface area (Å²) in [5.74, 6) is 6.28. The van der Waals surface area contributed by atoms with E-state index in [-0.39, 0.29) is 61.0 Å². The number of likely N-dealkylation sites (tertiary alicyclic amines) is 2. The third-order valence-electron chi connectivity index (χ3n) is 16.7. The number of aromatic nitrogens is 3. The highest BCUT2D eigenvalue weighted by molar-refractivity contribution is 7.22. The summed E-state index contributed by atoms with van der Waals surface area (Å²) in [7, 11) is 1.36. The third kappa shape index (κ3) is 13.8. The van der Waals surface area contributed by atoms with Gasteiger partial charge in [0.25, 0.3) is 5.91 Å². The fourth-order valence-corrected chi connectivity index (χ4v) is 14.9. The summed E-state index contributed by atoms with van der Waals surface area (Å²) < 4.78 is 12.3. The van der Waals surface area contributed by atoms with E-state index in [4.69, 9.17) is 14.5 Å². The van der Waals surface area contributed by atoms with E-state index in [9.17, 15) is 29.1 Å². The van der Waals surface area contributed by atoms with Crippen molar-refractivity contribution in [1.82, 2.24) is 35.4 Å². The Hall–Kier alpha value is -7.54. The molecule has 4 amide bonds. The lowest BCUT2D eigenvalue weighted by atomic mass is 9.66. The van der Waals surface area contributed by atoms with Crippen LogP contribution in [0.2, 0.25) is 0 Å². The van der Waals surface area contributed by atoms with Gasteiger partial charge in [0.2, 0.25) is 17.7 Å². The van der Waals surface area contributed by atoms with Crippen molar-refractivity contribution < 1.29 is 38.6 Å². The highest BCUT2D eigenvalue weighted by atomic mass is 32.1. The van der Waals surface area contributed by atoms with Crippen LogP contribution < -0.4 is 25.6 Å². The Kier molecular flexibility index (Phi) is 17.8. The summed E-state index contributed by atoms with van der Waals surface area (Å²) in [5, 5.41) is 21.0. The molecule has 11 rings (SSSR count). The number of hydrogen-bond donors (Lipinski definition) is 4. The van der Waals surface area contributed by atoms with Crippen molar-refractivity contribution in [3.63, 3.8) is 0 Å². The molecule has 2 saturated heterocycles. The first-order chi connectivity index (χ1) is 41.0. The minimum atomic E-state index is -0.890. The SMILES string of the molecule is COC(=O)c1nc(N2CCc3cccc(C(=O)Nc4nc5ccccc5s4)c3C2)sc1CCCOc1ccc(C#CC2CCC3(CC2)CN(CC(=O)N[C@H](C(=O)N2C[C@H](O)C[C@H]2C(=O)NCc2ccc(-c4scnc4C)cc2)C(C)(C)C)C3)cc1. The molecule has 0 unspecified atom stereocenters. The summed E-state index contributed by atoms with van der Waals surface area (Å²) in [6.07, 6.45) is 5.27. The van der Waals surface area contributed by atoms with Gasteiger partial charge in [-0.3, -0.25) is 29.4 Å². The Labute approximate surface area is 507 Å². The Morgan fingerprint density at radius 2 is 1.71 bits per heavy atom. The van der Waals surface area contributed by atoms with Crippen LogP contribution in [0.3, 0.4) is 0 Å². The van der Waals surface area contributed by atoms with Crippen molar-refractivity contribution in [1.29, 1.82) is 0 Å². The van der Waals surface area contributed by atoms with Crippen molar-refractivity contribution >= 4 is 84.1 Å². The van der Waals surface area contributed by atoms with E-state index in [1.165, 1.54) is 34.7 Å². The fraction of sp³-hybridized carbons (Fsp3) is 0.415. The minimum Gasteiger partial charge on any atom is -0.494 e. The van der Waals surface area contributed by atoms with Crippen molar-refractivity contribution in [2.24, 2.45) is 16.7 Å². The quantitative estimate of drug-likeness (QED) is 0.0381. The molecular weight excluding hydrogens is 1130 g/mol. The normalized spacial score (nSPS) is 18.0. The van der Waals surface area contributed by atoms with Crippen molar-refractivity contribution in [2.75, 3.05) is 56.7 Å². The number of β-amino-alcohol motifs (C(OH)–C–C–N with tert-alkyl or cyclic N) is 1. The average molecular weight is 1200 g/mol. The highest BCUT2D eigenvalue weighted by Crippen LogP contribution is 2.45. The minimum absolute atomic E-state index is 0.0176. The monoisotopic (exact) mass is 1200 g/mol. The number of ether oxygens (including phenoxy) is 2. The van der Waals surface area contributed by atoms with E-state index >= 15 is 0 Å². The van der Waals surface area contributed by atoms with Gasteiger partial charge in [-0.25, -0.2) is 19.7 Å². The summed E-state index contributed by atoms with van der Waals surface area (Å²) in [5.41, 5.74) is 8.97. The first kappa shape index (κ1) is 59.2. The van der Waals surface area contributed by atoms with Gasteiger partial charge in [-0.1, -0.05) is 92.5 Å². The van der Waals surface area contributed by atoms with Gasteiger partial charge >= 0.3 is 5.97 Å². The molecule has 0 radical (unpaired) electrons. The summed E-state index contributed by atoms with van der Waals surface area (Å²) in [6.45, 7) is 11.4. The predicted octanol–water partition coefficient (Wildman–Crippen LogP) is 9.45. The van der Waals surface area contributed by atoms with E-state index in [2.05, 4.69) is 53.6 Å². The average Bonchev–Trinajstić information content (AvgIpc) is 3.18. The number of aliphatic hydroxyl groups is 1. The fourth-order valence-electron chi connectivity index (χ4n) is 12.1. The molecule has 4 N–H and O–H groups in total. The molecule has 1 aliphatic carbocycles. The maximum absolute atomic E-state index is 14.2. The number of nitrogens with zero attached hydrogens (tertiary/aromatic N) is 6. The number of methoxy groups -OCH3 is 1. The van der Waals surface area contributed by atoms with E-state index in [0.717, 1.165) is 104 Å². The molecule has 1 saturated carbocycles. The molecule has 442 valence electrons. The number of aryl methyl sites for hydroxylation is 2. The van der Waals surface area contributed by atoms with Gasteiger partial charge in [0.1, 0.15) is 17.8 Å². The summed E-state index contributed by atoms with van der Waals surface area (Å²) in [6, 6.07) is 27.7. The molecule has 3 atom stereocenters. The molecule has 4 aromatic carbocycles. The molecule has 20 heteroatoms. The number of hydrogen-bond acceptors (Lipinski definition) is 16. The number of fused-ring (bicyclic) bond motifs is 2. The smallest absolute Gasteiger partial charge is 0.357 e. The Bertz CT molecular complexity index is 3620. The number of rotatable bonds is 17. The molecule has 0 bridgehead atoms. The molecule has 3 aliphatic heterocycles. The van der Waals surface area contributed by atoms with Gasteiger partial charge in [-0.2, -0.15) is 0 Å². The van der Waals surface area contributed by atoms with Gasteiger partial charge in [0, 0.05) is 67.6 Å². The number of amides is 4. The van der Waals surface area contributed by atoms with Crippen LogP contribution in [-0.4, -0.2) is 124 Å². The summed E-state index contributed by atoms with van der Waals surface area (Å²) in [4.78, 5) is 89.5. The van der Waals surface area contributed by atoms with Crippen LogP contribution in [0.4, 0.5) is 10.3 Å². The zero-order chi connectivity index (χ0) is 59.4. The van der Waals surface area contributed by atoms with Gasteiger partial charge in [-0.05, 0) is 127 Å². The van der Waals surface area contributed by atoms with Crippen LogP contribution in [0.5, 0.6) is 5.75 Å². The second-order valence-electron chi connectivity index (χ2n) is 23.9. The van der Waals surface area contributed by atoms with E-state index < -0.39 is 29.6 Å². The van der Waals surface area contributed by atoms with E-state index in [0.29, 0.717) is 54.1 Å². The number of carbonyl (C=O) groups excluding carboxylic acids is 5. The van der Waals surface area contributed by atoms with Gasteiger partial charge < -0.3 is 35.0 Å². The summed E-state index contributed by atoms with van der Waals surface area (Å²) >= 11 is 4.50. The van der Waals surface area contributed by atoms with Gasteiger partial charge in [0.05, 0.1) is 52.7 Å². The maximum atomic E-state index is 14.2. The number of esters is 1. The Balaban J connectivity index is 0.608. The first-order valence-corrected chi connectivity index (χ1v) is 31.6. The number of para-hydroxylation sites is 1. The number of anilines is 2. The van der Waals surface area contributed by atoms with Gasteiger partial charge in [-0.15, -0.1) is 22.7 Å². The van der Waals surface area contributed by atoms with Gasteiger partial charge in [0.15, 0.2) is 16.0 Å². The second kappa shape index (κ2) is 25.6. The molecule has 1 spiro atoms. The lowest BCUT2D eigenvalue weighted by Crippen LogP contribution is -2.62. The first-order valence-electron chi connectivity index (χ1n) is 29.1. The third-order valence-corrected chi connectivity index (χ3v) is 19.8.